The number of rotatable bonds is 5. The second-order valence-electron chi connectivity index (χ2n) is 4.83. The van der Waals surface area contributed by atoms with Crippen LogP contribution in [-0.2, 0) is 11.8 Å². The van der Waals surface area contributed by atoms with Crippen molar-refractivity contribution < 1.29 is 14.8 Å². The van der Waals surface area contributed by atoms with E-state index in [4.69, 9.17) is 16.8 Å². The van der Waals surface area contributed by atoms with E-state index in [1.165, 1.54) is 17.6 Å². The van der Waals surface area contributed by atoms with Crippen molar-refractivity contribution in [2.75, 3.05) is 0 Å². The Labute approximate surface area is 138 Å². The highest BCUT2D eigenvalue weighted by Gasteiger charge is 2.03. The smallest absolute Gasteiger partial charge is 0.267 e. The first kappa shape index (κ1) is 16.7. The van der Waals surface area contributed by atoms with Gasteiger partial charge in [-0.25, -0.2) is 5.48 Å². The summed E-state index contributed by atoms with van der Waals surface area (Å²) in [4.78, 5) is 23.0. The van der Waals surface area contributed by atoms with Crippen LogP contribution in [0.5, 0.6) is 0 Å². The van der Waals surface area contributed by atoms with E-state index in [0.717, 1.165) is 11.3 Å². The molecule has 0 atom stereocenters. The Morgan fingerprint density at radius 1 is 1.22 bits per heavy atom. The standard InChI is InChI=1S/C17H15ClN2O3/c1-20-11-12(9-15(20)6-8-17(22)19-23)5-7-16(21)13-3-2-4-14(18)10-13/h2-11,23H,1H3,(H,19,22)/b7-5+,8-6+. The number of carbonyl (C=O) groups excluding carboxylic acids is 2. The average Bonchev–Trinajstić information content (AvgIpc) is 2.90. The number of aryl methyl sites for hydroxylation is 1. The van der Waals surface area contributed by atoms with Crippen LogP contribution in [0.2, 0.25) is 5.02 Å². The van der Waals surface area contributed by atoms with Gasteiger partial charge in [-0.2, -0.15) is 0 Å². The molecule has 1 aromatic carbocycles. The molecule has 0 bridgehead atoms. The van der Waals surface area contributed by atoms with Gasteiger partial charge in [0.15, 0.2) is 5.78 Å². The number of carbonyl (C=O) groups is 2. The van der Waals surface area contributed by atoms with Crippen molar-refractivity contribution in [3.8, 4) is 0 Å². The molecule has 2 rings (SSSR count). The topological polar surface area (TPSA) is 71.3 Å². The van der Waals surface area contributed by atoms with Crippen LogP contribution >= 0.6 is 11.6 Å². The molecule has 0 saturated carbocycles. The summed E-state index contributed by atoms with van der Waals surface area (Å²) in [5.74, 6) is -0.757. The quantitative estimate of drug-likeness (QED) is 0.383. The second kappa shape index (κ2) is 7.58. The summed E-state index contributed by atoms with van der Waals surface area (Å²) in [7, 11) is 1.81. The second-order valence-corrected chi connectivity index (χ2v) is 5.26. The van der Waals surface area contributed by atoms with E-state index in [2.05, 4.69) is 0 Å². The predicted octanol–water partition coefficient (Wildman–Crippen LogP) is 3.09. The van der Waals surface area contributed by atoms with Gasteiger partial charge in [-0.3, -0.25) is 14.8 Å². The number of hydrogen-bond donors (Lipinski definition) is 2. The highest BCUT2D eigenvalue weighted by atomic mass is 35.5. The van der Waals surface area contributed by atoms with Gasteiger partial charge in [0, 0.05) is 35.6 Å². The lowest BCUT2D eigenvalue weighted by atomic mass is 10.1. The van der Waals surface area contributed by atoms with E-state index in [1.54, 1.807) is 41.0 Å². The molecule has 0 aliphatic rings. The van der Waals surface area contributed by atoms with Gasteiger partial charge in [-0.1, -0.05) is 23.7 Å². The summed E-state index contributed by atoms with van der Waals surface area (Å²) < 4.78 is 1.80. The zero-order valence-electron chi connectivity index (χ0n) is 12.4. The lowest BCUT2D eigenvalue weighted by molar-refractivity contribution is -0.124. The lowest BCUT2D eigenvalue weighted by Crippen LogP contribution is -2.14. The minimum absolute atomic E-state index is 0.145. The molecule has 23 heavy (non-hydrogen) atoms. The fourth-order valence-electron chi connectivity index (χ4n) is 1.97. The van der Waals surface area contributed by atoms with Gasteiger partial charge >= 0.3 is 0 Å². The number of halogens is 1. The monoisotopic (exact) mass is 330 g/mol. The van der Waals surface area contributed by atoms with Gasteiger partial charge < -0.3 is 4.57 Å². The van der Waals surface area contributed by atoms with E-state index in [9.17, 15) is 9.59 Å². The molecular formula is C17H15ClN2O3. The SMILES string of the molecule is Cn1cc(/C=C/C(=O)c2cccc(Cl)c2)cc1/C=C/C(=O)NO. The summed E-state index contributed by atoms with van der Waals surface area (Å²) in [5.41, 5.74) is 3.60. The number of hydroxylamine groups is 1. The summed E-state index contributed by atoms with van der Waals surface area (Å²) >= 11 is 5.86. The largest absolute Gasteiger partial charge is 0.350 e. The number of ketones is 1. The Balaban J connectivity index is 2.13. The minimum Gasteiger partial charge on any atom is -0.350 e. The molecule has 1 amide bonds. The Morgan fingerprint density at radius 3 is 2.70 bits per heavy atom. The first-order chi connectivity index (χ1) is 11.0. The number of allylic oxidation sites excluding steroid dienone is 1. The van der Waals surface area contributed by atoms with Crippen molar-refractivity contribution in [1.29, 1.82) is 0 Å². The van der Waals surface area contributed by atoms with Crippen LogP contribution in [0.1, 0.15) is 21.6 Å². The first-order valence-corrected chi connectivity index (χ1v) is 7.14. The third-order valence-corrected chi connectivity index (χ3v) is 3.35. The average molecular weight is 331 g/mol. The molecule has 2 N–H and O–H groups in total. The maximum atomic E-state index is 12.1. The van der Waals surface area contributed by atoms with Crippen LogP contribution in [-0.4, -0.2) is 21.5 Å². The van der Waals surface area contributed by atoms with Crippen LogP contribution in [0.25, 0.3) is 12.2 Å². The molecule has 5 nitrogen and oxygen atoms in total. The van der Waals surface area contributed by atoms with Crippen LogP contribution in [0.3, 0.4) is 0 Å². The van der Waals surface area contributed by atoms with E-state index in [0.29, 0.717) is 10.6 Å². The summed E-state index contributed by atoms with van der Waals surface area (Å²) in [6, 6.07) is 8.55. The zero-order chi connectivity index (χ0) is 16.8. The highest BCUT2D eigenvalue weighted by Crippen LogP contribution is 2.14. The van der Waals surface area contributed by atoms with E-state index < -0.39 is 5.91 Å². The number of nitrogens with one attached hydrogen (secondary N) is 1. The van der Waals surface area contributed by atoms with Gasteiger partial charge in [0.25, 0.3) is 5.91 Å². The Bertz CT molecular complexity index is 791. The molecule has 0 saturated heterocycles. The van der Waals surface area contributed by atoms with Crippen molar-refractivity contribution in [2.45, 2.75) is 0 Å². The van der Waals surface area contributed by atoms with Crippen molar-refractivity contribution >= 4 is 35.4 Å². The molecule has 0 fully saturated rings. The molecule has 2 aromatic rings. The maximum Gasteiger partial charge on any atom is 0.267 e. The van der Waals surface area contributed by atoms with Gasteiger partial charge in [0.05, 0.1) is 0 Å². The van der Waals surface area contributed by atoms with Crippen molar-refractivity contribution in [2.24, 2.45) is 7.05 Å². The number of amides is 1. The van der Waals surface area contributed by atoms with E-state index in [-0.39, 0.29) is 5.78 Å². The third kappa shape index (κ3) is 4.67. The van der Waals surface area contributed by atoms with Crippen LogP contribution in [0.15, 0.2) is 48.7 Å². The molecule has 0 aliphatic heterocycles. The van der Waals surface area contributed by atoms with E-state index >= 15 is 0 Å². The lowest BCUT2D eigenvalue weighted by Gasteiger charge is -1.95. The summed E-state index contributed by atoms with van der Waals surface area (Å²) in [5, 5.41) is 8.96. The number of hydrogen-bond acceptors (Lipinski definition) is 3. The predicted molar refractivity (Wildman–Crippen MR) is 89.2 cm³/mol. The normalized spacial score (nSPS) is 11.3. The maximum absolute atomic E-state index is 12.1. The van der Waals surface area contributed by atoms with Gasteiger partial charge in [-0.05, 0) is 42.0 Å². The molecule has 118 valence electrons. The summed E-state index contributed by atoms with van der Waals surface area (Å²) in [6.45, 7) is 0. The van der Waals surface area contributed by atoms with Crippen molar-refractivity contribution in [1.82, 2.24) is 10.0 Å². The Morgan fingerprint density at radius 2 is 2.00 bits per heavy atom. The molecule has 1 heterocycles. The molecule has 6 heteroatoms. The number of aromatic nitrogens is 1. The molecule has 0 aliphatic carbocycles. The molecule has 0 unspecified atom stereocenters. The van der Waals surface area contributed by atoms with Crippen LogP contribution in [0.4, 0.5) is 0 Å². The first-order valence-electron chi connectivity index (χ1n) is 6.76. The van der Waals surface area contributed by atoms with Crippen LogP contribution in [0, 0.1) is 0 Å². The fraction of sp³-hybridized carbons (Fsp3) is 0.0588. The molecule has 0 radical (unpaired) electrons. The summed E-state index contributed by atoms with van der Waals surface area (Å²) in [6.07, 6.45) is 7.74. The Hall–Kier alpha value is -2.63. The number of nitrogens with zero attached hydrogens (tertiary/aromatic N) is 1. The fourth-order valence-corrected chi connectivity index (χ4v) is 2.16. The number of benzene rings is 1. The third-order valence-electron chi connectivity index (χ3n) is 3.12. The van der Waals surface area contributed by atoms with E-state index in [1.807, 2.05) is 19.3 Å². The highest BCUT2D eigenvalue weighted by molar-refractivity contribution is 6.31. The van der Waals surface area contributed by atoms with Gasteiger partial charge in [0.2, 0.25) is 0 Å². The van der Waals surface area contributed by atoms with Gasteiger partial charge in [-0.15, -0.1) is 0 Å². The Kier molecular flexibility index (Phi) is 5.51. The molecule has 1 aromatic heterocycles. The molecule has 0 spiro atoms. The molecular weight excluding hydrogens is 316 g/mol. The van der Waals surface area contributed by atoms with Crippen molar-refractivity contribution in [3.05, 3.63) is 70.5 Å². The zero-order valence-corrected chi connectivity index (χ0v) is 13.1. The van der Waals surface area contributed by atoms with Crippen LogP contribution < -0.4 is 5.48 Å². The van der Waals surface area contributed by atoms with Gasteiger partial charge in [0.1, 0.15) is 0 Å². The minimum atomic E-state index is -0.612. The van der Waals surface area contributed by atoms with Crippen molar-refractivity contribution in [3.63, 3.8) is 0 Å².